The van der Waals surface area contributed by atoms with Crippen LogP contribution < -0.4 is 0 Å². The fourth-order valence-corrected chi connectivity index (χ4v) is 3.77. The van der Waals surface area contributed by atoms with Gasteiger partial charge in [0.25, 0.3) is 0 Å². The fourth-order valence-electron chi connectivity index (χ4n) is 3.77. The molecule has 144 valence electrons. The third-order valence-electron chi connectivity index (χ3n) is 5.25. The summed E-state index contributed by atoms with van der Waals surface area (Å²) in [5.74, 6) is -1.48. The molecule has 1 saturated carbocycles. The van der Waals surface area contributed by atoms with Crippen LogP contribution in [0.25, 0.3) is 0 Å². The maximum Gasteiger partial charge on any atom is 0.416 e. The number of hydrogen-bond acceptors (Lipinski definition) is 4. The summed E-state index contributed by atoms with van der Waals surface area (Å²) in [5.41, 5.74) is -0.619. The lowest BCUT2D eigenvalue weighted by atomic mass is 9.75. The summed E-state index contributed by atoms with van der Waals surface area (Å²) < 4.78 is 38.5. The van der Waals surface area contributed by atoms with E-state index in [1.165, 1.54) is 19.1 Å². The van der Waals surface area contributed by atoms with Crippen molar-refractivity contribution in [1.82, 2.24) is 9.97 Å². The molecule has 1 aliphatic carbocycles. The van der Waals surface area contributed by atoms with Crippen molar-refractivity contribution in [2.75, 3.05) is 0 Å². The maximum atomic E-state index is 12.8. The van der Waals surface area contributed by atoms with Gasteiger partial charge in [-0.3, -0.25) is 0 Å². The van der Waals surface area contributed by atoms with Crippen LogP contribution in [0.5, 0.6) is 5.88 Å². The van der Waals surface area contributed by atoms with Crippen LogP contribution in [-0.2, 0) is 18.0 Å². The number of alkyl halides is 3. The molecule has 0 saturated heterocycles. The van der Waals surface area contributed by atoms with Crippen molar-refractivity contribution in [3.63, 3.8) is 0 Å². The van der Waals surface area contributed by atoms with Gasteiger partial charge in [-0.15, -0.1) is 0 Å². The minimum atomic E-state index is -4.40. The number of aromatic nitrogens is 2. The van der Waals surface area contributed by atoms with Gasteiger partial charge in [0.15, 0.2) is 5.69 Å². The summed E-state index contributed by atoms with van der Waals surface area (Å²) in [7, 11) is 0. The SMILES string of the molecule is Cc1c(O)nc(CC2(c3ccc(C(F)(F)F)cc3)CCCC2)nc1C(=O)O. The average Bonchev–Trinajstić information content (AvgIpc) is 3.07. The van der Waals surface area contributed by atoms with Gasteiger partial charge >= 0.3 is 12.1 Å². The largest absolute Gasteiger partial charge is 0.493 e. The lowest BCUT2D eigenvalue weighted by Crippen LogP contribution is -2.27. The second-order valence-corrected chi connectivity index (χ2v) is 6.98. The van der Waals surface area contributed by atoms with Crippen LogP contribution in [-0.4, -0.2) is 26.2 Å². The van der Waals surface area contributed by atoms with Gasteiger partial charge in [-0.05, 0) is 37.5 Å². The Morgan fingerprint density at radius 1 is 1.15 bits per heavy atom. The first kappa shape index (κ1) is 19.1. The van der Waals surface area contributed by atoms with Crippen molar-refractivity contribution in [1.29, 1.82) is 0 Å². The third-order valence-corrected chi connectivity index (χ3v) is 5.25. The highest BCUT2D eigenvalue weighted by Gasteiger charge is 2.38. The lowest BCUT2D eigenvalue weighted by Gasteiger charge is -2.29. The molecule has 0 amide bonds. The minimum absolute atomic E-state index is 0.0845. The Hall–Kier alpha value is -2.64. The molecule has 0 aliphatic heterocycles. The Balaban J connectivity index is 1.98. The number of carboxylic acids is 1. The lowest BCUT2D eigenvalue weighted by molar-refractivity contribution is -0.137. The van der Waals surface area contributed by atoms with Crippen LogP contribution in [0.2, 0.25) is 0 Å². The topological polar surface area (TPSA) is 83.3 Å². The summed E-state index contributed by atoms with van der Waals surface area (Å²) >= 11 is 0. The zero-order valence-electron chi connectivity index (χ0n) is 14.7. The summed E-state index contributed by atoms with van der Waals surface area (Å²) in [6.07, 6.45) is -0.858. The number of aromatic hydroxyl groups is 1. The Bertz CT molecular complexity index is 858. The number of rotatable bonds is 4. The summed E-state index contributed by atoms with van der Waals surface area (Å²) in [4.78, 5) is 19.4. The molecule has 0 spiro atoms. The van der Waals surface area contributed by atoms with E-state index in [0.717, 1.165) is 43.4 Å². The van der Waals surface area contributed by atoms with Gasteiger partial charge < -0.3 is 10.2 Å². The molecule has 3 rings (SSSR count). The number of carbonyl (C=O) groups is 1. The van der Waals surface area contributed by atoms with Crippen LogP contribution in [0, 0.1) is 6.92 Å². The predicted octanol–water partition coefficient (Wildman–Crippen LogP) is 4.26. The van der Waals surface area contributed by atoms with Crippen LogP contribution >= 0.6 is 0 Å². The first-order valence-corrected chi connectivity index (χ1v) is 8.60. The molecule has 8 heteroatoms. The second-order valence-electron chi connectivity index (χ2n) is 6.98. The first-order chi connectivity index (χ1) is 12.6. The average molecular weight is 380 g/mol. The minimum Gasteiger partial charge on any atom is -0.493 e. The highest BCUT2D eigenvalue weighted by molar-refractivity contribution is 5.87. The van der Waals surface area contributed by atoms with Crippen LogP contribution in [0.15, 0.2) is 24.3 Å². The number of halogens is 3. The zero-order valence-corrected chi connectivity index (χ0v) is 14.7. The van der Waals surface area contributed by atoms with Crippen molar-refractivity contribution in [3.8, 4) is 5.88 Å². The summed E-state index contributed by atoms with van der Waals surface area (Å²) in [6.45, 7) is 1.42. The molecular formula is C19H19F3N2O3. The van der Waals surface area contributed by atoms with E-state index in [4.69, 9.17) is 0 Å². The first-order valence-electron chi connectivity index (χ1n) is 8.60. The highest BCUT2D eigenvalue weighted by atomic mass is 19.4. The summed E-state index contributed by atoms with van der Waals surface area (Å²) in [5, 5.41) is 19.2. The van der Waals surface area contributed by atoms with Crippen molar-refractivity contribution in [3.05, 3.63) is 52.5 Å². The van der Waals surface area contributed by atoms with Gasteiger partial charge in [-0.25, -0.2) is 9.78 Å². The number of nitrogens with zero attached hydrogens (tertiary/aromatic N) is 2. The van der Waals surface area contributed by atoms with E-state index in [1.54, 1.807) is 0 Å². The maximum absolute atomic E-state index is 12.8. The molecule has 2 aromatic rings. The molecule has 1 aromatic carbocycles. The number of benzene rings is 1. The Labute approximate surface area is 153 Å². The quantitative estimate of drug-likeness (QED) is 0.828. The highest BCUT2D eigenvalue weighted by Crippen LogP contribution is 2.44. The molecule has 1 heterocycles. The van der Waals surface area contributed by atoms with Gasteiger partial charge in [0.2, 0.25) is 5.88 Å². The van der Waals surface area contributed by atoms with Crippen molar-refractivity contribution >= 4 is 5.97 Å². The monoisotopic (exact) mass is 380 g/mol. The standard InChI is InChI=1S/C19H19F3N2O3/c1-11-15(17(26)27)23-14(24-16(11)25)10-18(8-2-3-9-18)12-4-6-13(7-5-12)19(20,21)22/h4-7H,2-3,8-10H2,1H3,(H,26,27)(H,23,24,25). The molecule has 1 aliphatic rings. The smallest absolute Gasteiger partial charge is 0.416 e. The van der Waals surface area contributed by atoms with Crippen LogP contribution in [0.1, 0.15) is 58.7 Å². The molecule has 27 heavy (non-hydrogen) atoms. The van der Waals surface area contributed by atoms with Gasteiger partial charge in [0, 0.05) is 17.4 Å². The van der Waals surface area contributed by atoms with E-state index in [9.17, 15) is 28.2 Å². The Morgan fingerprint density at radius 2 is 1.74 bits per heavy atom. The number of carboxylic acid groups (broad SMARTS) is 1. The van der Waals surface area contributed by atoms with E-state index in [1.807, 2.05) is 0 Å². The predicted molar refractivity (Wildman–Crippen MR) is 90.7 cm³/mol. The molecule has 0 unspecified atom stereocenters. The molecule has 0 bridgehead atoms. The molecule has 1 fully saturated rings. The van der Waals surface area contributed by atoms with Gasteiger partial charge in [-0.2, -0.15) is 18.2 Å². The summed E-state index contributed by atoms with van der Waals surface area (Å²) in [6, 6.07) is 5.07. The fraction of sp³-hybridized carbons (Fsp3) is 0.421. The van der Waals surface area contributed by atoms with E-state index < -0.39 is 29.0 Å². The normalized spacial score (nSPS) is 16.4. The Kier molecular flexibility index (Phi) is 4.84. The molecule has 1 aromatic heterocycles. The van der Waals surface area contributed by atoms with Gasteiger partial charge in [0.05, 0.1) is 5.56 Å². The van der Waals surface area contributed by atoms with Crippen molar-refractivity contribution in [2.45, 2.75) is 50.6 Å². The number of hydrogen-bond donors (Lipinski definition) is 2. The van der Waals surface area contributed by atoms with Gasteiger partial charge in [0.1, 0.15) is 5.82 Å². The van der Waals surface area contributed by atoms with Crippen molar-refractivity contribution in [2.24, 2.45) is 0 Å². The molecule has 0 atom stereocenters. The van der Waals surface area contributed by atoms with Gasteiger partial charge in [-0.1, -0.05) is 25.0 Å². The van der Waals surface area contributed by atoms with E-state index in [2.05, 4.69) is 9.97 Å². The molecular weight excluding hydrogens is 361 g/mol. The third kappa shape index (κ3) is 3.74. The van der Waals surface area contributed by atoms with E-state index in [-0.39, 0.29) is 23.5 Å². The van der Waals surface area contributed by atoms with Crippen molar-refractivity contribution < 1.29 is 28.2 Å². The zero-order chi connectivity index (χ0) is 19.8. The van der Waals surface area contributed by atoms with E-state index in [0.29, 0.717) is 0 Å². The van der Waals surface area contributed by atoms with Crippen LogP contribution in [0.3, 0.4) is 0 Å². The molecule has 0 radical (unpaired) electrons. The number of aromatic carboxylic acids is 1. The second kappa shape index (κ2) is 6.83. The Morgan fingerprint density at radius 3 is 2.26 bits per heavy atom. The van der Waals surface area contributed by atoms with E-state index >= 15 is 0 Å². The molecule has 5 nitrogen and oxygen atoms in total. The van der Waals surface area contributed by atoms with Crippen LogP contribution in [0.4, 0.5) is 13.2 Å². The molecule has 2 N–H and O–H groups in total.